The molecule has 0 saturated heterocycles. The van der Waals surface area contributed by atoms with Crippen LogP contribution in [0.1, 0.15) is 17.2 Å². The van der Waals surface area contributed by atoms with Crippen LogP contribution in [-0.4, -0.2) is 53.0 Å². The van der Waals surface area contributed by atoms with Crippen LogP contribution in [0.3, 0.4) is 0 Å². The second-order valence-corrected chi connectivity index (χ2v) is 8.95. The number of terminal acetylenes is 1. The van der Waals surface area contributed by atoms with E-state index in [1.54, 1.807) is 18.2 Å². The lowest BCUT2D eigenvalue weighted by Gasteiger charge is -2.21. The number of halogens is 2. The van der Waals surface area contributed by atoms with Crippen molar-refractivity contribution in [2.24, 2.45) is 0 Å². The topological polar surface area (TPSA) is 97.0 Å². The number of rotatable bonds is 11. The minimum Gasteiger partial charge on any atom is -0.493 e. The van der Waals surface area contributed by atoms with E-state index in [0.29, 0.717) is 17.9 Å². The van der Waals surface area contributed by atoms with Crippen LogP contribution >= 0.6 is 0 Å². The van der Waals surface area contributed by atoms with E-state index in [1.807, 2.05) is 0 Å². The fourth-order valence-electron chi connectivity index (χ4n) is 2.76. The lowest BCUT2D eigenvalue weighted by molar-refractivity contribution is -0.122. The van der Waals surface area contributed by atoms with E-state index in [-0.39, 0.29) is 18.7 Å². The molecule has 0 aromatic heterocycles. The number of methoxy groups -OCH3 is 1. The van der Waals surface area contributed by atoms with E-state index >= 15 is 0 Å². The first kappa shape index (κ1) is 26.1. The van der Waals surface area contributed by atoms with E-state index in [2.05, 4.69) is 16.0 Å². The average molecular weight is 482 g/mol. The predicted molar refractivity (Wildman–Crippen MR) is 119 cm³/mol. The highest BCUT2D eigenvalue weighted by molar-refractivity contribution is 7.87. The van der Waals surface area contributed by atoms with Crippen molar-refractivity contribution in [2.45, 2.75) is 12.5 Å². The minimum atomic E-state index is -4.05. The van der Waals surface area contributed by atoms with E-state index in [1.165, 1.54) is 21.2 Å². The highest BCUT2D eigenvalue weighted by Crippen LogP contribution is 2.28. The summed E-state index contributed by atoms with van der Waals surface area (Å²) in [5.74, 6) is 0.255. The standard InChI is InChI=1S/C22H25F2N3O5S/c1-5-12-32-19-9-6-15(13-20(19)31-4)10-11-25-22(28)21(26-33(29,30)27(2)3)16-7-8-17(23)18(24)14-16/h1,6-9,13-14,21,26H,10-12H2,2-4H3,(H,25,28). The summed E-state index contributed by atoms with van der Waals surface area (Å²) in [5.41, 5.74) is 0.756. The summed E-state index contributed by atoms with van der Waals surface area (Å²) >= 11 is 0. The predicted octanol–water partition coefficient (Wildman–Crippen LogP) is 1.78. The number of carbonyl (C=O) groups is 1. The van der Waals surface area contributed by atoms with Crippen molar-refractivity contribution in [1.82, 2.24) is 14.3 Å². The fourth-order valence-corrected chi connectivity index (χ4v) is 3.51. The molecule has 11 heteroatoms. The van der Waals surface area contributed by atoms with Crippen LogP contribution in [0, 0.1) is 24.0 Å². The molecular formula is C22H25F2N3O5S. The first-order valence-electron chi connectivity index (χ1n) is 9.74. The third-order valence-electron chi connectivity index (χ3n) is 4.54. The molecule has 0 fully saturated rings. The molecule has 8 nitrogen and oxygen atoms in total. The van der Waals surface area contributed by atoms with Gasteiger partial charge in [0.1, 0.15) is 12.6 Å². The first-order chi connectivity index (χ1) is 15.6. The third kappa shape index (κ3) is 7.15. The van der Waals surface area contributed by atoms with Crippen molar-refractivity contribution in [3.63, 3.8) is 0 Å². The Labute approximate surface area is 192 Å². The van der Waals surface area contributed by atoms with Crippen molar-refractivity contribution in [2.75, 3.05) is 34.4 Å². The number of carbonyl (C=O) groups excluding carboxylic acids is 1. The Hall–Kier alpha value is -3.20. The molecule has 0 spiro atoms. The summed E-state index contributed by atoms with van der Waals surface area (Å²) in [7, 11) is -0.0299. The molecule has 2 rings (SSSR count). The summed E-state index contributed by atoms with van der Waals surface area (Å²) in [4.78, 5) is 12.8. The highest BCUT2D eigenvalue weighted by atomic mass is 32.2. The molecule has 178 valence electrons. The molecule has 2 aromatic rings. The number of benzene rings is 2. The zero-order valence-electron chi connectivity index (χ0n) is 18.4. The maximum Gasteiger partial charge on any atom is 0.279 e. The second kappa shape index (κ2) is 11.6. The Bertz CT molecular complexity index is 1130. The van der Waals surface area contributed by atoms with Crippen molar-refractivity contribution >= 4 is 16.1 Å². The zero-order valence-corrected chi connectivity index (χ0v) is 19.2. The molecule has 0 heterocycles. The maximum absolute atomic E-state index is 13.7. The van der Waals surface area contributed by atoms with Crippen LogP contribution in [-0.2, 0) is 21.4 Å². The van der Waals surface area contributed by atoms with Gasteiger partial charge in [-0.1, -0.05) is 18.1 Å². The van der Waals surface area contributed by atoms with Gasteiger partial charge in [-0.3, -0.25) is 4.79 Å². The summed E-state index contributed by atoms with van der Waals surface area (Å²) < 4.78 is 65.3. The summed E-state index contributed by atoms with van der Waals surface area (Å²) in [6.45, 7) is 0.219. The quantitative estimate of drug-likeness (QED) is 0.477. The van der Waals surface area contributed by atoms with Crippen molar-refractivity contribution in [3.8, 4) is 23.8 Å². The van der Waals surface area contributed by atoms with Gasteiger partial charge in [-0.15, -0.1) is 6.42 Å². The summed E-state index contributed by atoms with van der Waals surface area (Å²) in [5, 5.41) is 2.61. The van der Waals surface area contributed by atoms with Gasteiger partial charge < -0.3 is 14.8 Å². The number of amides is 1. The van der Waals surface area contributed by atoms with Gasteiger partial charge in [0.25, 0.3) is 10.2 Å². The Morgan fingerprint density at radius 3 is 2.48 bits per heavy atom. The molecule has 2 N–H and O–H groups in total. The Balaban J connectivity index is 2.14. The molecule has 0 bridgehead atoms. The number of hydrogen-bond donors (Lipinski definition) is 2. The molecule has 0 radical (unpaired) electrons. The molecule has 1 unspecified atom stereocenters. The number of nitrogens with zero attached hydrogens (tertiary/aromatic N) is 1. The molecule has 0 aliphatic heterocycles. The monoisotopic (exact) mass is 481 g/mol. The molecule has 2 aromatic carbocycles. The molecule has 1 amide bonds. The first-order valence-corrected chi connectivity index (χ1v) is 11.2. The van der Waals surface area contributed by atoms with E-state index < -0.39 is 33.8 Å². The molecule has 0 aliphatic carbocycles. The van der Waals surface area contributed by atoms with Gasteiger partial charge in [0, 0.05) is 20.6 Å². The fraction of sp³-hybridized carbons (Fsp3) is 0.318. The van der Waals surface area contributed by atoms with Crippen molar-refractivity contribution < 1.29 is 31.5 Å². The summed E-state index contributed by atoms with van der Waals surface area (Å²) in [6.07, 6.45) is 5.57. The van der Waals surface area contributed by atoms with Crippen LogP contribution in [0.25, 0.3) is 0 Å². The molecule has 33 heavy (non-hydrogen) atoms. The minimum absolute atomic E-state index is 0.0477. The Morgan fingerprint density at radius 1 is 1.15 bits per heavy atom. The van der Waals surface area contributed by atoms with Crippen molar-refractivity contribution in [1.29, 1.82) is 0 Å². The summed E-state index contributed by atoms with van der Waals surface area (Å²) in [6, 6.07) is 6.44. The lowest BCUT2D eigenvalue weighted by atomic mass is 10.1. The molecule has 0 aliphatic rings. The number of ether oxygens (including phenoxy) is 2. The Kier molecular flexibility index (Phi) is 9.16. The van der Waals surface area contributed by atoms with Gasteiger partial charge in [0.05, 0.1) is 7.11 Å². The normalized spacial score (nSPS) is 12.2. The highest BCUT2D eigenvalue weighted by Gasteiger charge is 2.28. The third-order valence-corrected chi connectivity index (χ3v) is 6.03. The number of nitrogens with one attached hydrogen (secondary N) is 2. The maximum atomic E-state index is 13.7. The van der Waals surface area contributed by atoms with Gasteiger partial charge in [0.15, 0.2) is 23.1 Å². The van der Waals surface area contributed by atoms with E-state index in [0.717, 1.165) is 28.1 Å². The Morgan fingerprint density at radius 2 is 1.88 bits per heavy atom. The lowest BCUT2D eigenvalue weighted by Crippen LogP contribution is -2.45. The van der Waals surface area contributed by atoms with Crippen LogP contribution in [0.5, 0.6) is 11.5 Å². The van der Waals surface area contributed by atoms with Gasteiger partial charge in [-0.2, -0.15) is 17.4 Å². The van der Waals surface area contributed by atoms with Crippen LogP contribution < -0.4 is 19.5 Å². The van der Waals surface area contributed by atoms with Gasteiger partial charge in [0.2, 0.25) is 5.91 Å². The SMILES string of the molecule is C#CCOc1ccc(CCNC(=O)C(NS(=O)(=O)N(C)C)c2ccc(F)c(F)c2)cc1OC. The zero-order chi connectivity index (χ0) is 24.6. The molecular weight excluding hydrogens is 456 g/mol. The molecule has 1 atom stereocenters. The molecule has 0 saturated carbocycles. The van der Waals surface area contributed by atoms with E-state index in [9.17, 15) is 22.0 Å². The number of hydrogen-bond acceptors (Lipinski definition) is 5. The van der Waals surface area contributed by atoms with Gasteiger partial charge >= 0.3 is 0 Å². The second-order valence-electron chi connectivity index (χ2n) is 7.03. The van der Waals surface area contributed by atoms with Crippen molar-refractivity contribution in [3.05, 3.63) is 59.2 Å². The van der Waals surface area contributed by atoms with Crippen LogP contribution in [0.2, 0.25) is 0 Å². The van der Waals surface area contributed by atoms with Crippen LogP contribution in [0.15, 0.2) is 36.4 Å². The van der Waals surface area contributed by atoms with Crippen LogP contribution in [0.4, 0.5) is 8.78 Å². The largest absolute Gasteiger partial charge is 0.493 e. The van der Waals surface area contributed by atoms with Gasteiger partial charge in [-0.25, -0.2) is 8.78 Å². The van der Waals surface area contributed by atoms with Gasteiger partial charge in [-0.05, 0) is 41.8 Å². The van der Waals surface area contributed by atoms with E-state index in [4.69, 9.17) is 15.9 Å². The average Bonchev–Trinajstić information content (AvgIpc) is 2.78. The smallest absolute Gasteiger partial charge is 0.279 e.